The molecule has 0 aliphatic rings. The summed E-state index contributed by atoms with van der Waals surface area (Å²) in [5.41, 5.74) is 0.688. The van der Waals surface area contributed by atoms with Crippen molar-refractivity contribution in [1.29, 1.82) is 0 Å². The third-order valence-corrected chi connectivity index (χ3v) is 3.90. The zero-order valence-corrected chi connectivity index (χ0v) is 12.1. The molecule has 2 aromatic rings. The summed E-state index contributed by atoms with van der Waals surface area (Å²) in [7, 11) is -3.84. The molecule has 114 valence electrons. The molecular weight excluding hydrogens is 328 g/mol. The average molecular weight is 338 g/mol. The lowest BCUT2D eigenvalue weighted by Gasteiger charge is -2.21. The molecule has 0 fully saturated rings. The molecule has 6 nitrogen and oxygen atoms in total. The SMILES string of the molecule is Cc1cc(Nc2nc(F)nc(F)c2Cl)ccc1S(O)(O)O. The number of benzene rings is 1. The zero-order valence-electron chi connectivity index (χ0n) is 10.5. The highest BCUT2D eigenvalue weighted by molar-refractivity contribution is 8.19. The Morgan fingerprint density at radius 2 is 1.86 bits per heavy atom. The van der Waals surface area contributed by atoms with Gasteiger partial charge in [-0.05, 0) is 30.7 Å². The van der Waals surface area contributed by atoms with Crippen LogP contribution in [0.15, 0.2) is 23.1 Å². The topological polar surface area (TPSA) is 98.5 Å². The molecular formula is C11H10ClF2N3O3S. The molecule has 0 saturated carbocycles. The van der Waals surface area contributed by atoms with Crippen LogP contribution in [0.5, 0.6) is 0 Å². The average Bonchev–Trinajstić information content (AvgIpc) is 2.33. The van der Waals surface area contributed by atoms with Crippen LogP contribution >= 0.6 is 22.5 Å². The number of hydrogen-bond donors (Lipinski definition) is 4. The highest BCUT2D eigenvalue weighted by Gasteiger charge is 2.19. The molecule has 0 aliphatic heterocycles. The molecule has 0 saturated heterocycles. The van der Waals surface area contributed by atoms with Gasteiger partial charge in [0.2, 0.25) is 5.95 Å². The van der Waals surface area contributed by atoms with Gasteiger partial charge in [-0.2, -0.15) is 18.7 Å². The number of aryl methyl sites for hydroxylation is 1. The van der Waals surface area contributed by atoms with Crippen LogP contribution in [0.1, 0.15) is 5.56 Å². The summed E-state index contributed by atoms with van der Waals surface area (Å²) in [6.45, 7) is 1.52. The normalized spacial score (nSPS) is 12.3. The van der Waals surface area contributed by atoms with E-state index in [1.165, 1.54) is 25.1 Å². The lowest BCUT2D eigenvalue weighted by atomic mass is 10.2. The predicted octanol–water partition coefficient (Wildman–Crippen LogP) is 4.04. The van der Waals surface area contributed by atoms with Gasteiger partial charge >= 0.3 is 6.08 Å². The molecule has 4 N–H and O–H groups in total. The molecule has 0 radical (unpaired) electrons. The van der Waals surface area contributed by atoms with E-state index in [0.29, 0.717) is 11.3 Å². The van der Waals surface area contributed by atoms with Crippen molar-refractivity contribution >= 4 is 34.0 Å². The Labute approximate surface area is 125 Å². The maximum absolute atomic E-state index is 13.2. The van der Waals surface area contributed by atoms with E-state index >= 15 is 0 Å². The molecule has 0 unspecified atom stereocenters. The Morgan fingerprint density at radius 1 is 1.19 bits per heavy atom. The minimum Gasteiger partial charge on any atom is -0.339 e. The van der Waals surface area contributed by atoms with Gasteiger partial charge in [0.05, 0.1) is 4.90 Å². The highest BCUT2D eigenvalue weighted by atomic mass is 35.5. The molecule has 0 bridgehead atoms. The Morgan fingerprint density at radius 3 is 2.43 bits per heavy atom. The summed E-state index contributed by atoms with van der Waals surface area (Å²) in [5, 5.41) is 2.09. The van der Waals surface area contributed by atoms with Crippen LogP contribution in [0.25, 0.3) is 0 Å². The van der Waals surface area contributed by atoms with E-state index in [1.54, 1.807) is 0 Å². The Balaban J connectivity index is 2.36. The lowest BCUT2D eigenvalue weighted by molar-refractivity contribution is 0.375. The highest BCUT2D eigenvalue weighted by Crippen LogP contribution is 2.45. The molecule has 1 aromatic heterocycles. The van der Waals surface area contributed by atoms with Gasteiger partial charge < -0.3 is 19.0 Å². The smallest absolute Gasteiger partial charge is 0.313 e. The minimum atomic E-state index is -3.84. The summed E-state index contributed by atoms with van der Waals surface area (Å²) >= 11 is 5.61. The first kappa shape index (κ1) is 15.9. The number of halogens is 3. The number of nitrogens with one attached hydrogen (secondary N) is 1. The summed E-state index contributed by atoms with van der Waals surface area (Å²) < 4.78 is 53.7. The van der Waals surface area contributed by atoms with Crippen LogP contribution in [0.4, 0.5) is 20.3 Å². The van der Waals surface area contributed by atoms with Gasteiger partial charge in [-0.15, -0.1) is 0 Å². The number of hydrogen-bond acceptors (Lipinski definition) is 6. The molecule has 0 spiro atoms. The summed E-state index contributed by atoms with van der Waals surface area (Å²) in [4.78, 5) is 6.10. The fourth-order valence-electron chi connectivity index (χ4n) is 1.65. The zero-order chi connectivity index (χ0) is 15.8. The fraction of sp³-hybridized carbons (Fsp3) is 0.0909. The van der Waals surface area contributed by atoms with Gasteiger partial charge in [0.1, 0.15) is 15.9 Å². The molecule has 1 aromatic carbocycles. The Bertz CT molecular complexity index is 697. The molecule has 2 rings (SSSR count). The van der Waals surface area contributed by atoms with E-state index in [0.717, 1.165) is 0 Å². The largest absolute Gasteiger partial charge is 0.339 e. The van der Waals surface area contributed by atoms with E-state index in [-0.39, 0.29) is 10.7 Å². The standard InChI is InChI=1S/C11H10ClF2N3O3S/c1-5-4-6(2-3-7(5)21(18,19)20)15-10-8(12)9(13)16-11(14)17-10/h2-4,18-20H,1H3,(H,15,16,17). The maximum atomic E-state index is 13.2. The van der Waals surface area contributed by atoms with E-state index in [1.807, 2.05) is 0 Å². The van der Waals surface area contributed by atoms with Crippen molar-refractivity contribution in [3.05, 3.63) is 40.8 Å². The molecule has 0 aliphatic carbocycles. The maximum Gasteiger partial charge on any atom is 0.313 e. The van der Waals surface area contributed by atoms with Gasteiger partial charge in [0.15, 0.2) is 5.82 Å². The number of anilines is 2. The van der Waals surface area contributed by atoms with Gasteiger partial charge in [-0.3, -0.25) is 0 Å². The number of aromatic nitrogens is 2. The Hall–Kier alpha value is -1.52. The van der Waals surface area contributed by atoms with Crippen LogP contribution in [0.2, 0.25) is 5.02 Å². The fourth-order valence-corrected chi connectivity index (χ4v) is 2.52. The number of nitrogens with zero attached hydrogens (tertiary/aromatic N) is 2. The molecule has 0 amide bonds. The van der Waals surface area contributed by atoms with E-state index in [9.17, 15) is 22.4 Å². The molecule has 10 heteroatoms. The molecule has 21 heavy (non-hydrogen) atoms. The van der Waals surface area contributed by atoms with Crippen molar-refractivity contribution in [2.75, 3.05) is 5.32 Å². The van der Waals surface area contributed by atoms with Crippen molar-refractivity contribution in [2.45, 2.75) is 11.8 Å². The van der Waals surface area contributed by atoms with E-state index < -0.39 is 27.9 Å². The van der Waals surface area contributed by atoms with Gasteiger partial charge in [-0.1, -0.05) is 11.6 Å². The minimum absolute atomic E-state index is 0.0563. The van der Waals surface area contributed by atoms with Crippen molar-refractivity contribution in [2.24, 2.45) is 0 Å². The van der Waals surface area contributed by atoms with Crippen LogP contribution in [-0.2, 0) is 0 Å². The monoisotopic (exact) mass is 337 g/mol. The van der Waals surface area contributed by atoms with Crippen LogP contribution in [-0.4, -0.2) is 23.6 Å². The third-order valence-electron chi connectivity index (χ3n) is 2.52. The first-order valence-corrected chi connectivity index (χ1v) is 7.33. The van der Waals surface area contributed by atoms with Gasteiger partial charge in [0.25, 0.3) is 0 Å². The number of rotatable bonds is 3. The Kier molecular flexibility index (Phi) is 4.30. The van der Waals surface area contributed by atoms with E-state index in [4.69, 9.17) is 11.6 Å². The van der Waals surface area contributed by atoms with Crippen molar-refractivity contribution in [3.8, 4) is 0 Å². The van der Waals surface area contributed by atoms with E-state index in [2.05, 4.69) is 15.3 Å². The quantitative estimate of drug-likeness (QED) is 0.498. The van der Waals surface area contributed by atoms with Crippen LogP contribution in [0.3, 0.4) is 0 Å². The van der Waals surface area contributed by atoms with Crippen molar-refractivity contribution < 1.29 is 22.4 Å². The summed E-state index contributed by atoms with van der Waals surface area (Å²) in [6, 6.07) is 4.05. The summed E-state index contributed by atoms with van der Waals surface area (Å²) in [6.07, 6.45) is -1.28. The summed E-state index contributed by atoms with van der Waals surface area (Å²) in [5.74, 6) is -1.48. The lowest BCUT2D eigenvalue weighted by Crippen LogP contribution is -2.03. The van der Waals surface area contributed by atoms with Crippen LogP contribution in [0, 0.1) is 18.9 Å². The van der Waals surface area contributed by atoms with Gasteiger partial charge in [-0.25, -0.2) is 0 Å². The first-order chi connectivity index (χ1) is 9.68. The second kappa shape index (κ2) is 5.70. The third kappa shape index (κ3) is 3.57. The van der Waals surface area contributed by atoms with Crippen molar-refractivity contribution in [1.82, 2.24) is 9.97 Å². The van der Waals surface area contributed by atoms with Gasteiger partial charge in [0, 0.05) is 5.69 Å². The van der Waals surface area contributed by atoms with Crippen molar-refractivity contribution in [3.63, 3.8) is 0 Å². The molecule has 1 heterocycles. The first-order valence-electron chi connectivity index (χ1n) is 5.45. The molecule has 0 atom stereocenters. The van der Waals surface area contributed by atoms with Crippen LogP contribution < -0.4 is 5.32 Å². The predicted molar refractivity (Wildman–Crippen MR) is 75.2 cm³/mol. The second-order valence-corrected chi connectivity index (χ2v) is 5.93. The second-order valence-electron chi connectivity index (χ2n) is 4.07.